The zero-order valence-corrected chi connectivity index (χ0v) is 11.7. The van der Waals surface area contributed by atoms with Crippen molar-refractivity contribution in [2.75, 3.05) is 13.7 Å². The van der Waals surface area contributed by atoms with Gasteiger partial charge in [0.1, 0.15) is 5.75 Å². The molecule has 0 unspecified atom stereocenters. The molecule has 0 saturated heterocycles. The highest BCUT2D eigenvalue weighted by molar-refractivity contribution is 5.28. The highest BCUT2D eigenvalue weighted by Crippen LogP contribution is 2.20. The molecule has 17 heavy (non-hydrogen) atoms. The molecule has 0 spiro atoms. The van der Waals surface area contributed by atoms with Crippen molar-refractivity contribution in [3.63, 3.8) is 0 Å². The fraction of sp³-hybridized carbons (Fsp3) is 0.600. The lowest BCUT2D eigenvalue weighted by Gasteiger charge is -2.21. The molecule has 0 aliphatic rings. The van der Waals surface area contributed by atoms with Crippen LogP contribution in [-0.2, 0) is 0 Å². The van der Waals surface area contributed by atoms with Gasteiger partial charge in [-0.2, -0.15) is 0 Å². The first-order valence-corrected chi connectivity index (χ1v) is 6.30. The molecule has 2 heteroatoms. The summed E-state index contributed by atoms with van der Waals surface area (Å²) in [5, 5.41) is 3.55. The second kappa shape index (κ2) is 6.06. The van der Waals surface area contributed by atoms with E-state index in [-0.39, 0.29) is 0 Å². The number of nitrogens with one attached hydrogen (secondary N) is 1. The maximum Gasteiger partial charge on any atom is 0.118 e. The van der Waals surface area contributed by atoms with Crippen LogP contribution in [0.25, 0.3) is 0 Å². The molecule has 0 aliphatic heterocycles. The van der Waals surface area contributed by atoms with Crippen LogP contribution in [0.1, 0.15) is 45.7 Å². The van der Waals surface area contributed by atoms with E-state index in [0.717, 1.165) is 12.3 Å². The Labute approximate surface area is 105 Å². The molecule has 2 nitrogen and oxygen atoms in total. The summed E-state index contributed by atoms with van der Waals surface area (Å²) >= 11 is 0. The highest BCUT2D eigenvalue weighted by atomic mass is 16.5. The molecule has 0 heterocycles. The third kappa shape index (κ3) is 5.22. The largest absolute Gasteiger partial charge is 0.497 e. The predicted molar refractivity (Wildman–Crippen MR) is 73.5 cm³/mol. The molecule has 1 atom stereocenters. The average molecular weight is 235 g/mol. The van der Waals surface area contributed by atoms with Gasteiger partial charge in [0.25, 0.3) is 0 Å². The van der Waals surface area contributed by atoms with E-state index in [4.69, 9.17) is 4.74 Å². The lowest BCUT2D eigenvalue weighted by Crippen LogP contribution is -2.23. The van der Waals surface area contributed by atoms with Crippen molar-refractivity contribution < 1.29 is 4.74 Å². The van der Waals surface area contributed by atoms with E-state index in [9.17, 15) is 0 Å². The number of ether oxygens (including phenoxy) is 1. The normalized spacial score (nSPS) is 13.5. The van der Waals surface area contributed by atoms with E-state index in [1.807, 2.05) is 12.1 Å². The fourth-order valence-corrected chi connectivity index (χ4v) is 1.67. The third-order valence-electron chi connectivity index (χ3n) is 2.94. The molecule has 96 valence electrons. The first-order chi connectivity index (χ1) is 7.92. The molecule has 0 radical (unpaired) electrons. The van der Waals surface area contributed by atoms with E-state index >= 15 is 0 Å². The summed E-state index contributed by atoms with van der Waals surface area (Å²) in [4.78, 5) is 0. The fourth-order valence-electron chi connectivity index (χ4n) is 1.67. The summed E-state index contributed by atoms with van der Waals surface area (Å²) in [6, 6.07) is 8.65. The van der Waals surface area contributed by atoms with Crippen molar-refractivity contribution in [2.45, 2.75) is 40.2 Å². The molecule has 1 N–H and O–H groups in total. The molecule has 0 fully saturated rings. The average Bonchev–Trinajstić information content (AvgIpc) is 2.27. The number of methoxy groups -OCH3 is 1. The van der Waals surface area contributed by atoms with Crippen LogP contribution in [0, 0.1) is 5.41 Å². The van der Waals surface area contributed by atoms with Crippen molar-refractivity contribution in [2.24, 2.45) is 5.41 Å². The SMILES string of the molecule is COc1ccc([C@@H](C)NCCC(C)(C)C)cc1. The van der Waals surface area contributed by atoms with Gasteiger partial charge < -0.3 is 10.1 Å². The van der Waals surface area contributed by atoms with E-state index in [1.165, 1.54) is 12.0 Å². The van der Waals surface area contributed by atoms with Gasteiger partial charge in [-0.1, -0.05) is 32.9 Å². The summed E-state index contributed by atoms with van der Waals surface area (Å²) in [5.41, 5.74) is 1.70. The summed E-state index contributed by atoms with van der Waals surface area (Å²) in [7, 11) is 1.69. The van der Waals surface area contributed by atoms with Gasteiger partial charge in [-0.05, 0) is 43.0 Å². The molecule has 1 rings (SSSR count). The van der Waals surface area contributed by atoms with Gasteiger partial charge in [0.05, 0.1) is 7.11 Å². The Morgan fingerprint density at radius 1 is 1.18 bits per heavy atom. The third-order valence-corrected chi connectivity index (χ3v) is 2.94. The molecule has 1 aromatic carbocycles. The summed E-state index contributed by atoms with van der Waals surface area (Å²) < 4.78 is 5.15. The van der Waals surface area contributed by atoms with Gasteiger partial charge >= 0.3 is 0 Å². The first kappa shape index (κ1) is 14.0. The lowest BCUT2D eigenvalue weighted by molar-refractivity contribution is 0.358. The van der Waals surface area contributed by atoms with Gasteiger partial charge in [-0.25, -0.2) is 0 Å². The van der Waals surface area contributed by atoms with Crippen LogP contribution in [0.3, 0.4) is 0 Å². The molecule has 0 saturated carbocycles. The van der Waals surface area contributed by atoms with Gasteiger partial charge in [0.2, 0.25) is 0 Å². The summed E-state index contributed by atoms with van der Waals surface area (Å²) in [6.45, 7) is 10.1. The summed E-state index contributed by atoms with van der Waals surface area (Å²) in [5.74, 6) is 0.913. The number of rotatable bonds is 5. The Kier molecular flexibility index (Phi) is 5.01. The van der Waals surface area contributed by atoms with Crippen LogP contribution >= 0.6 is 0 Å². The minimum Gasteiger partial charge on any atom is -0.497 e. The van der Waals surface area contributed by atoms with Crippen molar-refractivity contribution in [1.82, 2.24) is 5.32 Å². The van der Waals surface area contributed by atoms with E-state index in [1.54, 1.807) is 7.11 Å². The topological polar surface area (TPSA) is 21.3 Å². The number of hydrogen-bond donors (Lipinski definition) is 1. The van der Waals surface area contributed by atoms with Crippen molar-refractivity contribution in [1.29, 1.82) is 0 Å². The minimum atomic E-state index is 0.392. The molecule has 0 amide bonds. The Bertz CT molecular complexity index is 324. The van der Waals surface area contributed by atoms with Crippen molar-refractivity contribution in [3.05, 3.63) is 29.8 Å². The van der Waals surface area contributed by atoms with Crippen LogP contribution < -0.4 is 10.1 Å². The Hall–Kier alpha value is -1.02. The number of benzene rings is 1. The number of hydrogen-bond acceptors (Lipinski definition) is 2. The quantitative estimate of drug-likeness (QED) is 0.838. The Balaban J connectivity index is 2.43. The van der Waals surface area contributed by atoms with Gasteiger partial charge in [0, 0.05) is 6.04 Å². The Morgan fingerprint density at radius 3 is 2.24 bits per heavy atom. The summed E-state index contributed by atoms with van der Waals surface area (Å²) in [6.07, 6.45) is 1.19. The molecule has 0 aliphatic carbocycles. The lowest BCUT2D eigenvalue weighted by atomic mass is 9.92. The molecule has 0 aromatic heterocycles. The van der Waals surface area contributed by atoms with Crippen LogP contribution in [0.5, 0.6) is 5.75 Å². The zero-order valence-electron chi connectivity index (χ0n) is 11.7. The van der Waals surface area contributed by atoms with Crippen LogP contribution in [0.15, 0.2) is 24.3 Å². The predicted octanol–water partition coefficient (Wildman–Crippen LogP) is 3.78. The van der Waals surface area contributed by atoms with Gasteiger partial charge in [-0.15, -0.1) is 0 Å². The second-order valence-corrected chi connectivity index (χ2v) is 5.76. The van der Waals surface area contributed by atoms with Crippen LogP contribution in [0.2, 0.25) is 0 Å². The van der Waals surface area contributed by atoms with Crippen molar-refractivity contribution in [3.8, 4) is 5.75 Å². The molecular weight excluding hydrogens is 210 g/mol. The second-order valence-electron chi connectivity index (χ2n) is 5.76. The van der Waals surface area contributed by atoms with Crippen LogP contribution in [0.4, 0.5) is 0 Å². The van der Waals surface area contributed by atoms with E-state index in [2.05, 4.69) is 45.1 Å². The maximum absolute atomic E-state index is 5.15. The van der Waals surface area contributed by atoms with Crippen molar-refractivity contribution >= 4 is 0 Å². The maximum atomic E-state index is 5.15. The Morgan fingerprint density at radius 2 is 1.76 bits per heavy atom. The highest BCUT2D eigenvalue weighted by Gasteiger charge is 2.11. The van der Waals surface area contributed by atoms with E-state index < -0.39 is 0 Å². The smallest absolute Gasteiger partial charge is 0.118 e. The first-order valence-electron chi connectivity index (χ1n) is 6.30. The standard InChI is InChI=1S/C15H25NO/c1-12(16-11-10-15(2,3)4)13-6-8-14(17-5)9-7-13/h6-9,12,16H,10-11H2,1-5H3/t12-/m1/s1. The molecule has 0 bridgehead atoms. The van der Waals surface area contributed by atoms with E-state index in [0.29, 0.717) is 11.5 Å². The molecular formula is C15H25NO. The van der Waals surface area contributed by atoms with Gasteiger partial charge in [0.15, 0.2) is 0 Å². The monoisotopic (exact) mass is 235 g/mol. The zero-order chi connectivity index (χ0) is 12.9. The van der Waals surface area contributed by atoms with Gasteiger partial charge in [-0.3, -0.25) is 0 Å². The molecule has 1 aromatic rings. The van der Waals surface area contributed by atoms with Crippen LogP contribution in [-0.4, -0.2) is 13.7 Å². The minimum absolute atomic E-state index is 0.392.